The quantitative estimate of drug-likeness (QED) is 0.602. The maximum Gasteiger partial charge on any atom is 0.294 e. The van der Waals surface area contributed by atoms with Crippen molar-refractivity contribution in [1.82, 2.24) is 14.5 Å². The highest BCUT2D eigenvalue weighted by molar-refractivity contribution is 5.83. The average molecular weight is 468 g/mol. The molecule has 2 bridgehead atoms. The Kier molecular flexibility index (Phi) is 6.88. The Balaban J connectivity index is 1.46. The van der Waals surface area contributed by atoms with Gasteiger partial charge in [-0.15, -0.1) is 0 Å². The number of amides is 1. The lowest BCUT2D eigenvalue weighted by Crippen LogP contribution is -2.50. The van der Waals surface area contributed by atoms with Gasteiger partial charge in [-0.3, -0.25) is 14.5 Å². The summed E-state index contributed by atoms with van der Waals surface area (Å²) in [6.07, 6.45) is 13.7. The molecule has 2 aromatic rings. The maximum absolute atomic E-state index is 13.6. The minimum atomic E-state index is -1.05. The van der Waals surface area contributed by atoms with Crippen LogP contribution in [0.3, 0.4) is 0 Å². The van der Waals surface area contributed by atoms with Gasteiger partial charge >= 0.3 is 0 Å². The number of fused-ring (bicyclic) bond motifs is 3. The number of hydrogen-bond acceptors (Lipinski definition) is 6. The molecule has 4 N–H and O–H groups in total. The zero-order valence-corrected chi connectivity index (χ0v) is 19.9. The van der Waals surface area contributed by atoms with Crippen molar-refractivity contribution in [3.05, 3.63) is 34.6 Å². The molecule has 2 saturated heterocycles. The molecule has 8 heteroatoms. The molecule has 1 saturated carbocycles. The second-order valence-electron chi connectivity index (χ2n) is 10.4. The number of aromatic nitrogens is 2. The highest BCUT2D eigenvalue weighted by atomic mass is 16.3. The van der Waals surface area contributed by atoms with E-state index in [1.54, 1.807) is 0 Å². The lowest BCUT2D eigenvalue weighted by Gasteiger charge is -2.45. The molecule has 3 aliphatic rings. The van der Waals surface area contributed by atoms with Gasteiger partial charge in [-0.05, 0) is 50.7 Å². The van der Waals surface area contributed by atoms with Crippen molar-refractivity contribution in [3.63, 3.8) is 0 Å². The summed E-state index contributed by atoms with van der Waals surface area (Å²) in [5, 5.41) is 12.3. The summed E-state index contributed by atoms with van der Waals surface area (Å²) in [5.74, 6) is -0.639. The first-order valence-electron chi connectivity index (χ1n) is 13.0. The van der Waals surface area contributed by atoms with E-state index in [1.165, 1.54) is 57.8 Å². The largest absolute Gasteiger partial charge is 0.394 e. The fourth-order valence-electron chi connectivity index (χ4n) is 6.71. The number of carbonyl (C=O) groups excluding carboxylic acids is 1. The first-order valence-corrected chi connectivity index (χ1v) is 13.0. The molecule has 0 spiro atoms. The average Bonchev–Trinajstić information content (AvgIpc) is 3.06. The smallest absolute Gasteiger partial charge is 0.294 e. The van der Waals surface area contributed by atoms with Crippen LogP contribution in [0.25, 0.3) is 11.0 Å². The third-order valence-corrected chi connectivity index (χ3v) is 8.26. The molecule has 184 valence electrons. The van der Waals surface area contributed by atoms with Gasteiger partial charge in [0, 0.05) is 24.2 Å². The lowest BCUT2D eigenvalue weighted by atomic mass is 9.89. The van der Waals surface area contributed by atoms with Crippen LogP contribution in [-0.4, -0.2) is 56.2 Å². The predicted octanol–water partition coefficient (Wildman–Crippen LogP) is 2.94. The molecule has 1 aliphatic carbocycles. The molecule has 1 amide bonds. The summed E-state index contributed by atoms with van der Waals surface area (Å²) in [5.41, 5.74) is 6.65. The molecule has 8 nitrogen and oxygen atoms in total. The Morgan fingerprint density at radius 2 is 1.65 bits per heavy atom. The Morgan fingerprint density at radius 1 is 1.00 bits per heavy atom. The number of carbonyl (C=O) groups is 1. The second kappa shape index (κ2) is 10.0. The maximum atomic E-state index is 13.6. The number of piperidine rings is 1. The van der Waals surface area contributed by atoms with Crippen LogP contribution >= 0.6 is 0 Å². The van der Waals surface area contributed by atoms with E-state index in [1.807, 2.05) is 28.8 Å². The summed E-state index contributed by atoms with van der Waals surface area (Å²) in [4.78, 5) is 32.6. The minimum absolute atomic E-state index is 0.0753. The van der Waals surface area contributed by atoms with Crippen molar-refractivity contribution in [2.24, 2.45) is 5.73 Å². The summed E-state index contributed by atoms with van der Waals surface area (Å²) in [7, 11) is 0. The summed E-state index contributed by atoms with van der Waals surface area (Å²) in [6.45, 7) is -0.493. The molecule has 2 unspecified atom stereocenters. The van der Waals surface area contributed by atoms with Crippen molar-refractivity contribution in [3.8, 4) is 0 Å². The molecule has 34 heavy (non-hydrogen) atoms. The fraction of sp³-hybridized carbons (Fsp3) is 0.654. The van der Waals surface area contributed by atoms with E-state index in [2.05, 4.69) is 15.2 Å². The first-order chi connectivity index (χ1) is 16.6. The van der Waals surface area contributed by atoms with Crippen molar-refractivity contribution in [1.29, 1.82) is 0 Å². The third kappa shape index (κ3) is 4.45. The Bertz CT molecular complexity index is 1060. The highest BCUT2D eigenvalue weighted by Crippen LogP contribution is 2.44. The van der Waals surface area contributed by atoms with E-state index in [0.29, 0.717) is 23.6 Å². The Labute approximate surface area is 200 Å². The minimum Gasteiger partial charge on any atom is -0.394 e. The van der Waals surface area contributed by atoms with E-state index < -0.39 is 18.6 Å². The van der Waals surface area contributed by atoms with Gasteiger partial charge in [0.05, 0.1) is 17.6 Å². The van der Waals surface area contributed by atoms with Crippen molar-refractivity contribution in [2.45, 2.75) is 101 Å². The molecule has 0 radical (unpaired) electrons. The number of nitrogens with one attached hydrogen (secondary N) is 1. The van der Waals surface area contributed by atoms with Crippen LogP contribution in [0, 0.1) is 0 Å². The number of aliphatic hydroxyl groups excluding tert-OH is 1. The number of anilines is 1. The van der Waals surface area contributed by atoms with Crippen molar-refractivity contribution >= 4 is 22.8 Å². The van der Waals surface area contributed by atoms with E-state index in [9.17, 15) is 14.7 Å². The number of hydrogen-bond donors (Lipinski definition) is 3. The molecule has 3 fully saturated rings. The van der Waals surface area contributed by atoms with Crippen LogP contribution in [0.4, 0.5) is 5.82 Å². The van der Waals surface area contributed by atoms with E-state index in [-0.39, 0.29) is 17.4 Å². The number of nitrogens with zero attached hydrogens (tertiary/aromatic N) is 3. The summed E-state index contributed by atoms with van der Waals surface area (Å²) < 4.78 is 1.89. The summed E-state index contributed by atoms with van der Waals surface area (Å²) in [6, 6.07) is 8.41. The van der Waals surface area contributed by atoms with Crippen molar-refractivity contribution in [2.75, 3.05) is 11.9 Å². The first kappa shape index (κ1) is 23.3. The van der Waals surface area contributed by atoms with Gasteiger partial charge in [-0.2, -0.15) is 0 Å². The lowest BCUT2D eigenvalue weighted by molar-refractivity contribution is -0.119. The molecule has 3 heterocycles. The van der Waals surface area contributed by atoms with Crippen LogP contribution in [-0.2, 0) is 4.79 Å². The molecule has 3 atom stereocenters. The number of benzene rings is 1. The van der Waals surface area contributed by atoms with Crippen LogP contribution < -0.4 is 16.6 Å². The van der Waals surface area contributed by atoms with Gasteiger partial charge in [0.25, 0.3) is 5.56 Å². The summed E-state index contributed by atoms with van der Waals surface area (Å²) >= 11 is 0. The normalized spacial score (nSPS) is 27.3. The van der Waals surface area contributed by atoms with Gasteiger partial charge in [0.2, 0.25) is 5.91 Å². The molecule has 1 aromatic carbocycles. The number of rotatable bonds is 6. The Hall–Kier alpha value is -2.45. The highest BCUT2D eigenvalue weighted by Gasteiger charge is 2.44. The molecule has 5 rings (SSSR count). The van der Waals surface area contributed by atoms with Crippen LogP contribution in [0.15, 0.2) is 29.1 Å². The van der Waals surface area contributed by atoms with Crippen LogP contribution in [0.5, 0.6) is 0 Å². The topological polar surface area (TPSA) is 113 Å². The molecule has 2 aliphatic heterocycles. The van der Waals surface area contributed by atoms with Gasteiger partial charge in [0.15, 0.2) is 5.82 Å². The predicted molar refractivity (Wildman–Crippen MR) is 133 cm³/mol. The third-order valence-electron chi connectivity index (χ3n) is 8.26. The van der Waals surface area contributed by atoms with Crippen molar-refractivity contribution < 1.29 is 9.90 Å². The number of nitrogens with two attached hydrogens (primary N) is 1. The number of primary amides is 1. The molecular weight excluding hydrogens is 430 g/mol. The zero-order valence-electron chi connectivity index (χ0n) is 19.9. The van der Waals surface area contributed by atoms with E-state index in [4.69, 9.17) is 5.73 Å². The Morgan fingerprint density at radius 3 is 2.29 bits per heavy atom. The van der Waals surface area contributed by atoms with E-state index >= 15 is 0 Å². The van der Waals surface area contributed by atoms with Crippen LogP contribution in [0.1, 0.15) is 76.7 Å². The van der Waals surface area contributed by atoms with E-state index in [0.717, 1.165) is 18.4 Å². The second-order valence-corrected chi connectivity index (χ2v) is 10.4. The number of para-hydroxylation sites is 2. The van der Waals surface area contributed by atoms with Gasteiger partial charge in [0.1, 0.15) is 6.04 Å². The van der Waals surface area contributed by atoms with Gasteiger partial charge in [-0.1, -0.05) is 44.2 Å². The SMILES string of the molecule is NC(=O)[C@H](CO)Nc1nc2ccccc2n(C2CC3CCC(C2)N3C2CCCCCCC2)c1=O. The van der Waals surface area contributed by atoms with Gasteiger partial charge in [-0.25, -0.2) is 4.98 Å². The zero-order chi connectivity index (χ0) is 23.7. The standard InChI is InChI=1S/C26H37N5O3/c27-24(33)22(16-32)29-25-26(34)31(23-11-7-6-10-21(23)28-25)20-14-18-12-13-19(15-20)30(18)17-8-4-2-1-3-5-9-17/h6-7,10-11,17-20,22,32H,1-5,8-9,12-16H2,(H2,27,33)(H,28,29)/t18?,19?,20?,22-/m0/s1. The monoisotopic (exact) mass is 467 g/mol. The van der Waals surface area contributed by atoms with Gasteiger partial charge < -0.3 is 20.7 Å². The molecular formula is C26H37N5O3. The number of aliphatic hydroxyl groups is 1. The fourth-order valence-corrected chi connectivity index (χ4v) is 6.71. The van der Waals surface area contributed by atoms with Crippen LogP contribution in [0.2, 0.25) is 0 Å². The molecule has 1 aromatic heterocycles.